The van der Waals surface area contributed by atoms with Gasteiger partial charge in [-0.1, -0.05) is 27.7 Å². The average Bonchev–Trinajstić information content (AvgIpc) is 3.15. The second-order valence-corrected chi connectivity index (χ2v) is 14.7. The maximum absolute atomic E-state index is 10.4. The highest BCUT2D eigenvalue weighted by Gasteiger charge is 2.76. The molecule has 4 heteroatoms. The molecule has 0 bridgehead atoms. The fourth-order valence-electron chi connectivity index (χ4n) is 10.1. The van der Waals surface area contributed by atoms with Crippen molar-refractivity contribution in [3.8, 4) is 0 Å². The van der Waals surface area contributed by atoms with E-state index in [1.165, 1.54) is 38.5 Å². The highest BCUT2D eigenvalue weighted by molar-refractivity contribution is 5.24. The van der Waals surface area contributed by atoms with E-state index >= 15 is 0 Å². The molecule has 1 spiro atoms. The van der Waals surface area contributed by atoms with Crippen LogP contribution in [-0.4, -0.2) is 44.8 Å². The molecule has 0 amide bonds. The fourth-order valence-corrected chi connectivity index (χ4v) is 10.1. The SMILES string of the molecule is C[C@@H](CC[C@H](O)C(C)(C)O)[C@@H]1CC[C@]2(C)C3CC[C@]4(OC4(C)C)C(CCCO)[C@]3(C)CC[C@@]12C. The van der Waals surface area contributed by atoms with Crippen molar-refractivity contribution in [3.63, 3.8) is 0 Å². The van der Waals surface area contributed by atoms with Gasteiger partial charge in [0.2, 0.25) is 0 Å². The summed E-state index contributed by atoms with van der Waals surface area (Å²) in [4.78, 5) is 0. The first-order valence-electron chi connectivity index (χ1n) is 14.3. The second kappa shape index (κ2) is 8.43. The minimum atomic E-state index is -1.03. The Hall–Kier alpha value is -0.160. The van der Waals surface area contributed by atoms with Crippen molar-refractivity contribution in [1.29, 1.82) is 0 Å². The molecule has 4 fully saturated rings. The first kappa shape index (κ1) is 26.9. The summed E-state index contributed by atoms with van der Waals surface area (Å²) >= 11 is 0. The lowest BCUT2D eigenvalue weighted by Crippen LogP contribution is -2.61. The molecule has 4 rings (SSSR count). The monoisotopic (exact) mass is 478 g/mol. The Kier molecular flexibility index (Phi) is 6.67. The number of aliphatic hydroxyl groups is 3. The number of epoxide rings is 1. The number of ether oxygens (including phenoxy) is 1. The molecular formula is C30H54O4. The largest absolute Gasteiger partial charge is 0.396 e. The molecular weight excluding hydrogens is 424 g/mol. The van der Waals surface area contributed by atoms with Gasteiger partial charge in [0, 0.05) is 6.61 Å². The van der Waals surface area contributed by atoms with Crippen LogP contribution >= 0.6 is 0 Å². The molecule has 9 atom stereocenters. The van der Waals surface area contributed by atoms with E-state index in [4.69, 9.17) is 4.74 Å². The Morgan fingerprint density at radius 3 is 2.15 bits per heavy atom. The predicted molar refractivity (Wildman–Crippen MR) is 137 cm³/mol. The molecule has 1 saturated heterocycles. The summed E-state index contributed by atoms with van der Waals surface area (Å²) in [5, 5.41) is 30.3. The lowest BCUT2D eigenvalue weighted by molar-refractivity contribution is -0.173. The summed E-state index contributed by atoms with van der Waals surface area (Å²) in [6.07, 6.45) is 10.5. The van der Waals surface area contributed by atoms with Crippen molar-refractivity contribution in [2.45, 2.75) is 143 Å². The molecule has 3 aliphatic carbocycles. The normalized spacial score (nSPS) is 47.2. The molecule has 1 aliphatic heterocycles. The van der Waals surface area contributed by atoms with Gasteiger partial charge in [0.05, 0.1) is 17.3 Å². The van der Waals surface area contributed by atoms with Crippen LogP contribution in [-0.2, 0) is 4.74 Å². The van der Waals surface area contributed by atoms with Gasteiger partial charge >= 0.3 is 0 Å². The van der Waals surface area contributed by atoms with Gasteiger partial charge in [-0.2, -0.15) is 0 Å². The molecule has 4 aliphatic rings. The van der Waals surface area contributed by atoms with Crippen molar-refractivity contribution in [2.24, 2.45) is 39.9 Å². The van der Waals surface area contributed by atoms with Gasteiger partial charge < -0.3 is 20.1 Å². The number of hydrogen-bond donors (Lipinski definition) is 3. The summed E-state index contributed by atoms with van der Waals surface area (Å²) < 4.78 is 6.54. The Balaban J connectivity index is 1.57. The van der Waals surface area contributed by atoms with Gasteiger partial charge in [0.15, 0.2) is 0 Å². The van der Waals surface area contributed by atoms with E-state index in [2.05, 4.69) is 41.5 Å². The third kappa shape index (κ3) is 3.75. The zero-order valence-electron chi connectivity index (χ0n) is 23.4. The van der Waals surface area contributed by atoms with Crippen LogP contribution in [0.15, 0.2) is 0 Å². The summed E-state index contributed by atoms with van der Waals surface area (Å²) in [6.45, 7) is 18.5. The van der Waals surface area contributed by atoms with E-state index < -0.39 is 11.7 Å². The Morgan fingerprint density at radius 2 is 1.59 bits per heavy atom. The first-order chi connectivity index (χ1) is 15.6. The van der Waals surface area contributed by atoms with E-state index in [0.29, 0.717) is 40.9 Å². The quantitative estimate of drug-likeness (QED) is 0.368. The van der Waals surface area contributed by atoms with E-state index in [0.717, 1.165) is 19.3 Å². The molecule has 0 aromatic heterocycles. The van der Waals surface area contributed by atoms with Crippen LogP contribution in [0.3, 0.4) is 0 Å². The van der Waals surface area contributed by atoms with Gasteiger partial charge in [0.25, 0.3) is 0 Å². The van der Waals surface area contributed by atoms with Crippen molar-refractivity contribution < 1.29 is 20.1 Å². The maximum Gasteiger partial charge on any atom is 0.101 e. The highest BCUT2D eigenvalue weighted by atomic mass is 16.6. The summed E-state index contributed by atoms with van der Waals surface area (Å²) in [6, 6.07) is 0. The molecule has 2 unspecified atom stereocenters. The van der Waals surface area contributed by atoms with Crippen LogP contribution in [0.2, 0.25) is 0 Å². The fraction of sp³-hybridized carbons (Fsp3) is 1.00. The van der Waals surface area contributed by atoms with Crippen LogP contribution < -0.4 is 0 Å². The number of fused-ring (bicyclic) bond motifs is 3. The van der Waals surface area contributed by atoms with E-state index in [1.807, 2.05) is 0 Å². The molecule has 0 radical (unpaired) electrons. The Labute approximate surface area is 209 Å². The van der Waals surface area contributed by atoms with E-state index in [-0.39, 0.29) is 23.2 Å². The molecule has 0 aromatic carbocycles. The maximum atomic E-state index is 10.4. The molecule has 3 saturated carbocycles. The van der Waals surface area contributed by atoms with Gasteiger partial charge in [-0.05, 0) is 132 Å². The van der Waals surface area contributed by atoms with Crippen LogP contribution in [0.4, 0.5) is 0 Å². The van der Waals surface area contributed by atoms with Crippen LogP contribution in [0, 0.1) is 39.9 Å². The topological polar surface area (TPSA) is 73.2 Å². The molecule has 34 heavy (non-hydrogen) atoms. The van der Waals surface area contributed by atoms with Gasteiger partial charge in [-0.15, -0.1) is 0 Å². The zero-order chi connectivity index (χ0) is 25.4. The predicted octanol–water partition coefficient (Wildman–Crippen LogP) is 6.10. The zero-order valence-corrected chi connectivity index (χ0v) is 23.4. The molecule has 1 heterocycles. The Morgan fingerprint density at radius 1 is 0.941 bits per heavy atom. The van der Waals surface area contributed by atoms with Crippen molar-refractivity contribution >= 4 is 0 Å². The van der Waals surface area contributed by atoms with Crippen LogP contribution in [0.25, 0.3) is 0 Å². The molecule has 3 N–H and O–H groups in total. The van der Waals surface area contributed by atoms with Gasteiger partial charge in [-0.25, -0.2) is 0 Å². The van der Waals surface area contributed by atoms with Gasteiger partial charge in [0.1, 0.15) is 5.60 Å². The van der Waals surface area contributed by atoms with Crippen LogP contribution in [0.1, 0.15) is 120 Å². The lowest BCUT2D eigenvalue weighted by Gasteiger charge is -2.65. The third-order valence-corrected chi connectivity index (χ3v) is 12.5. The molecule has 4 nitrogen and oxygen atoms in total. The minimum absolute atomic E-state index is 0.00998. The van der Waals surface area contributed by atoms with Crippen molar-refractivity contribution in [1.82, 2.24) is 0 Å². The third-order valence-electron chi connectivity index (χ3n) is 12.5. The Bertz CT molecular complexity index is 757. The number of aliphatic hydroxyl groups excluding tert-OH is 2. The second-order valence-electron chi connectivity index (χ2n) is 14.7. The van der Waals surface area contributed by atoms with Crippen LogP contribution in [0.5, 0.6) is 0 Å². The summed E-state index contributed by atoms with van der Waals surface area (Å²) in [5.74, 6) is 2.46. The van der Waals surface area contributed by atoms with E-state index in [9.17, 15) is 15.3 Å². The van der Waals surface area contributed by atoms with Crippen molar-refractivity contribution in [3.05, 3.63) is 0 Å². The summed E-state index contributed by atoms with van der Waals surface area (Å²) in [7, 11) is 0. The van der Waals surface area contributed by atoms with E-state index in [1.54, 1.807) is 13.8 Å². The standard InChI is InChI=1S/C30H54O4/c1-20(11-12-24(32)25(2,3)33)21-13-15-29(8)22-14-16-30(26(4,5)34-30)23(10-9-19-31)27(22,6)17-18-28(21,29)7/h20-24,31-33H,9-19H2,1-8H3/t20-,21-,22?,23?,24-,27+,28-,29+,30-/m0/s1. The number of hydrogen-bond acceptors (Lipinski definition) is 4. The average molecular weight is 479 g/mol. The number of rotatable bonds is 8. The smallest absolute Gasteiger partial charge is 0.101 e. The lowest BCUT2D eigenvalue weighted by atomic mass is 9.39. The summed E-state index contributed by atoms with van der Waals surface area (Å²) in [5.41, 5.74) is -0.133. The first-order valence-corrected chi connectivity index (χ1v) is 14.3. The molecule has 198 valence electrons. The highest BCUT2D eigenvalue weighted by Crippen LogP contribution is 2.77. The van der Waals surface area contributed by atoms with Crippen molar-refractivity contribution in [2.75, 3.05) is 6.61 Å². The molecule has 0 aromatic rings. The minimum Gasteiger partial charge on any atom is -0.396 e. The van der Waals surface area contributed by atoms with Gasteiger partial charge in [-0.3, -0.25) is 0 Å².